The number of ether oxygens (including phenoxy) is 2. The van der Waals surface area contributed by atoms with E-state index in [0.29, 0.717) is 19.0 Å². The lowest BCUT2D eigenvalue weighted by molar-refractivity contribution is -0.113. The van der Waals surface area contributed by atoms with Gasteiger partial charge < -0.3 is 24.6 Å². The Morgan fingerprint density at radius 2 is 1.61 bits per heavy atom. The van der Waals surface area contributed by atoms with Crippen LogP contribution in [0.15, 0.2) is 41.3 Å². The Morgan fingerprint density at radius 3 is 2.32 bits per heavy atom. The molecule has 31 heavy (non-hydrogen) atoms. The maximum Gasteiger partial charge on any atom is 0.234 e. The molecule has 2 heterocycles. The fourth-order valence-corrected chi connectivity index (χ4v) is 4.83. The summed E-state index contributed by atoms with van der Waals surface area (Å²) >= 11 is 1.59. The molecular formula is C24H31N3O3S. The van der Waals surface area contributed by atoms with Gasteiger partial charge in [0.05, 0.1) is 43.6 Å². The van der Waals surface area contributed by atoms with Crippen molar-refractivity contribution in [3.63, 3.8) is 0 Å². The van der Waals surface area contributed by atoms with E-state index in [0.717, 1.165) is 55.7 Å². The average molecular weight is 442 g/mol. The van der Waals surface area contributed by atoms with Gasteiger partial charge in [-0.25, -0.2) is 0 Å². The highest BCUT2D eigenvalue weighted by Crippen LogP contribution is 2.32. The van der Waals surface area contributed by atoms with E-state index >= 15 is 0 Å². The van der Waals surface area contributed by atoms with Gasteiger partial charge in [-0.1, -0.05) is 17.7 Å². The fraction of sp³-hybridized carbons (Fsp3) is 0.458. The summed E-state index contributed by atoms with van der Waals surface area (Å²) in [4.78, 5) is 18.6. The Labute approximate surface area is 188 Å². The maximum absolute atomic E-state index is 12.8. The van der Waals surface area contributed by atoms with E-state index < -0.39 is 0 Å². The molecule has 6 nitrogen and oxygen atoms in total. The van der Waals surface area contributed by atoms with E-state index in [1.807, 2.05) is 6.07 Å². The first-order valence-electron chi connectivity index (χ1n) is 10.9. The van der Waals surface area contributed by atoms with Crippen LogP contribution in [0.3, 0.4) is 0 Å². The first-order chi connectivity index (χ1) is 15.1. The first-order valence-corrected chi connectivity index (χ1v) is 11.9. The number of hydrogen-bond acceptors (Lipinski definition) is 6. The van der Waals surface area contributed by atoms with Crippen molar-refractivity contribution in [2.75, 3.05) is 73.5 Å². The summed E-state index contributed by atoms with van der Waals surface area (Å²) in [6.45, 7) is 10.5. The summed E-state index contributed by atoms with van der Waals surface area (Å²) in [6.07, 6.45) is 0. The van der Waals surface area contributed by atoms with Gasteiger partial charge in [0.1, 0.15) is 0 Å². The highest BCUT2D eigenvalue weighted by atomic mass is 32.2. The average Bonchev–Trinajstić information content (AvgIpc) is 2.81. The molecule has 2 aromatic rings. The smallest absolute Gasteiger partial charge is 0.234 e. The van der Waals surface area contributed by atoms with Gasteiger partial charge in [-0.3, -0.25) is 4.79 Å². The van der Waals surface area contributed by atoms with Crippen molar-refractivity contribution in [1.29, 1.82) is 0 Å². The zero-order valence-electron chi connectivity index (χ0n) is 18.4. The highest BCUT2D eigenvalue weighted by molar-refractivity contribution is 8.00. The number of hydrogen-bond donors (Lipinski definition) is 1. The van der Waals surface area contributed by atoms with Crippen molar-refractivity contribution in [2.45, 2.75) is 18.7 Å². The number of nitrogens with zero attached hydrogens (tertiary/aromatic N) is 2. The summed E-state index contributed by atoms with van der Waals surface area (Å²) in [5, 5.41) is 3.16. The van der Waals surface area contributed by atoms with E-state index in [-0.39, 0.29) is 5.91 Å². The molecule has 0 aliphatic carbocycles. The van der Waals surface area contributed by atoms with Crippen LogP contribution in [0.25, 0.3) is 0 Å². The number of carbonyl (C=O) groups is 1. The largest absolute Gasteiger partial charge is 0.378 e. The third-order valence-corrected chi connectivity index (χ3v) is 6.84. The molecule has 0 saturated carbocycles. The van der Waals surface area contributed by atoms with Crippen LogP contribution in [0.5, 0.6) is 0 Å². The molecule has 0 radical (unpaired) electrons. The van der Waals surface area contributed by atoms with Crippen LogP contribution in [0, 0.1) is 13.8 Å². The van der Waals surface area contributed by atoms with E-state index in [1.165, 1.54) is 16.8 Å². The number of carbonyl (C=O) groups excluding carboxylic acids is 1. The lowest BCUT2D eigenvalue weighted by atomic mass is 10.1. The van der Waals surface area contributed by atoms with Crippen LogP contribution in [0.2, 0.25) is 0 Å². The van der Waals surface area contributed by atoms with Gasteiger partial charge >= 0.3 is 0 Å². The minimum absolute atomic E-state index is 0.0135. The molecule has 0 unspecified atom stereocenters. The Kier molecular flexibility index (Phi) is 7.37. The summed E-state index contributed by atoms with van der Waals surface area (Å²) < 4.78 is 11.0. The van der Waals surface area contributed by atoms with Crippen LogP contribution in [-0.2, 0) is 14.3 Å². The standard InChI is InChI=1S/C24H31N3O3S/c1-18-3-4-19(2)23(15-18)31-17-24(28)25-21-6-5-20(26-7-11-29-12-8-26)16-22(21)27-9-13-30-14-10-27/h3-6,15-16H,7-14,17H2,1-2H3,(H,25,28). The highest BCUT2D eigenvalue weighted by Gasteiger charge is 2.19. The predicted molar refractivity (Wildman–Crippen MR) is 128 cm³/mol. The molecule has 7 heteroatoms. The Balaban J connectivity index is 1.49. The molecule has 0 atom stereocenters. The monoisotopic (exact) mass is 441 g/mol. The number of morpholine rings is 2. The number of anilines is 3. The molecule has 2 aliphatic rings. The molecule has 2 fully saturated rings. The molecule has 0 aromatic heterocycles. The first kappa shape index (κ1) is 22.0. The van der Waals surface area contributed by atoms with E-state index in [4.69, 9.17) is 9.47 Å². The third-order valence-electron chi connectivity index (χ3n) is 5.69. The van der Waals surface area contributed by atoms with E-state index in [1.54, 1.807) is 11.8 Å². The topological polar surface area (TPSA) is 54.0 Å². The number of nitrogens with one attached hydrogen (secondary N) is 1. The normalized spacial score (nSPS) is 17.0. The molecule has 1 N–H and O–H groups in total. The van der Waals surface area contributed by atoms with Gasteiger partial charge in [0.2, 0.25) is 5.91 Å². The van der Waals surface area contributed by atoms with Crippen molar-refractivity contribution >= 4 is 34.7 Å². The summed E-state index contributed by atoms with van der Waals surface area (Å²) in [5.41, 5.74) is 5.52. The van der Waals surface area contributed by atoms with Gasteiger partial charge in [0, 0.05) is 36.8 Å². The fourth-order valence-electron chi connectivity index (χ4n) is 3.90. The van der Waals surface area contributed by atoms with Crippen molar-refractivity contribution < 1.29 is 14.3 Å². The summed E-state index contributed by atoms with van der Waals surface area (Å²) in [6, 6.07) is 12.7. The summed E-state index contributed by atoms with van der Waals surface area (Å²) in [7, 11) is 0. The second-order valence-electron chi connectivity index (χ2n) is 8.01. The second-order valence-corrected chi connectivity index (χ2v) is 9.02. The predicted octanol–water partition coefficient (Wildman–Crippen LogP) is 3.71. The van der Waals surface area contributed by atoms with Crippen LogP contribution >= 0.6 is 11.8 Å². The molecule has 1 amide bonds. The van der Waals surface area contributed by atoms with E-state index in [2.05, 4.69) is 59.3 Å². The molecule has 0 bridgehead atoms. The number of benzene rings is 2. The number of thioether (sulfide) groups is 1. The van der Waals surface area contributed by atoms with Crippen LogP contribution in [-0.4, -0.2) is 64.3 Å². The molecule has 2 aliphatic heterocycles. The second kappa shape index (κ2) is 10.4. The van der Waals surface area contributed by atoms with E-state index in [9.17, 15) is 4.79 Å². The van der Waals surface area contributed by atoms with Crippen molar-refractivity contribution in [1.82, 2.24) is 0 Å². The van der Waals surface area contributed by atoms with Crippen molar-refractivity contribution in [3.05, 3.63) is 47.5 Å². The lowest BCUT2D eigenvalue weighted by Gasteiger charge is -2.33. The zero-order valence-corrected chi connectivity index (χ0v) is 19.2. The quantitative estimate of drug-likeness (QED) is 0.690. The van der Waals surface area contributed by atoms with Gasteiger partial charge in [-0.15, -0.1) is 11.8 Å². The molecule has 4 rings (SSSR count). The third kappa shape index (κ3) is 5.73. The summed E-state index contributed by atoms with van der Waals surface area (Å²) in [5.74, 6) is 0.400. The van der Waals surface area contributed by atoms with Crippen molar-refractivity contribution in [3.8, 4) is 0 Å². The van der Waals surface area contributed by atoms with Gasteiger partial charge in [0.15, 0.2) is 0 Å². The van der Waals surface area contributed by atoms with Crippen LogP contribution in [0.1, 0.15) is 11.1 Å². The van der Waals surface area contributed by atoms with Gasteiger partial charge in [-0.05, 0) is 43.7 Å². The minimum atomic E-state index is 0.0135. The molecular weight excluding hydrogens is 410 g/mol. The number of amides is 1. The Hall–Kier alpha value is -2.22. The zero-order chi connectivity index (χ0) is 21.6. The molecule has 2 aromatic carbocycles. The Morgan fingerprint density at radius 1 is 0.935 bits per heavy atom. The molecule has 0 spiro atoms. The van der Waals surface area contributed by atoms with Gasteiger partial charge in [-0.2, -0.15) is 0 Å². The van der Waals surface area contributed by atoms with Crippen LogP contribution < -0.4 is 15.1 Å². The van der Waals surface area contributed by atoms with Gasteiger partial charge in [0.25, 0.3) is 0 Å². The Bertz CT molecular complexity index is 909. The minimum Gasteiger partial charge on any atom is -0.378 e. The molecule has 166 valence electrons. The van der Waals surface area contributed by atoms with Crippen molar-refractivity contribution in [2.24, 2.45) is 0 Å². The number of rotatable bonds is 6. The number of aryl methyl sites for hydroxylation is 2. The SMILES string of the molecule is Cc1ccc(C)c(SCC(=O)Nc2ccc(N3CCOCC3)cc2N2CCOCC2)c1. The maximum atomic E-state index is 12.8. The molecule has 2 saturated heterocycles. The lowest BCUT2D eigenvalue weighted by Crippen LogP contribution is -2.38. The van der Waals surface area contributed by atoms with Crippen LogP contribution in [0.4, 0.5) is 17.1 Å².